The minimum absolute atomic E-state index is 0.00406. The molecule has 2 heterocycles. The van der Waals surface area contributed by atoms with Gasteiger partial charge in [0, 0.05) is 24.8 Å². The molecule has 0 saturated heterocycles. The van der Waals surface area contributed by atoms with E-state index in [0.717, 1.165) is 43.0 Å². The Kier molecular flexibility index (Phi) is 3.79. The number of amides is 1. The van der Waals surface area contributed by atoms with Crippen LogP contribution >= 0.6 is 0 Å². The summed E-state index contributed by atoms with van der Waals surface area (Å²) in [6, 6.07) is 6.40. The molecule has 0 unspecified atom stereocenters. The van der Waals surface area contributed by atoms with Gasteiger partial charge in [-0.15, -0.1) is 0 Å². The van der Waals surface area contributed by atoms with Gasteiger partial charge in [0.1, 0.15) is 5.75 Å². The van der Waals surface area contributed by atoms with Gasteiger partial charge in [-0.25, -0.2) is 0 Å². The first-order chi connectivity index (χ1) is 11.6. The summed E-state index contributed by atoms with van der Waals surface area (Å²) in [5.41, 5.74) is 3.74. The third-order valence-electron chi connectivity index (χ3n) is 5.31. The van der Waals surface area contributed by atoms with Gasteiger partial charge in [0.25, 0.3) is 5.91 Å². The van der Waals surface area contributed by atoms with E-state index >= 15 is 0 Å². The van der Waals surface area contributed by atoms with Crippen LogP contribution in [0.5, 0.6) is 5.75 Å². The number of fused-ring (bicyclic) bond motifs is 1. The van der Waals surface area contributed by atoms with Crippen molar-refractivity contribution in [2.45, 2.75) is 45.1 Å². The summed E-state index contributed by atoms with van der Waals surface area (Å²) in [5, 5.41) is 4.50. The zero-order valence-electron chi connectivity index (χ0n) is 14.3. The monoisotopic (exact) mass is 325 g/mol. The van der Waals surface area contributed by atoms with Gasteiger partial charge in [0.05, 0.1) is 24.4 Å². The highest BCUT2D eigenvalue weighted by Crippen LogP contribution is 2.32. The maximum Gasteiger partial charge on any atom is 0.261 e. The van der Waals surface area contributed by atoms with Crippen LogP contribution in [-0.2, 0) is 6.42 Å². The lowest BCUT2D eigenvalue weighted by atomic mass is 10.1. The second-order valence-electron chi connectivity index (χ2n) is 6.78. The Morgan fingerprint density at radius 2 is 2.12 bits per heavy atom. The molecule has 0 radical (unpaired) electrons. The average molecular weight is 325 g/mol. The molecule has 1 aliphatic carbocycles. The molecule has 24 heavy (non-hydrogen) atoms. The molecule has 1 aromatic carbocycles. The first-order valence-electron chi connectivity index (χ1n) is 8.73. The number of benzene rings is 1. The zero-order chi connectivity index (χ0) is 16.7. The first-order valence-corrected chi connectivity index (χ1v) is 8.73. The summed E-state index contributed by atoms with van der Waals surface area (Å²) >= 11 is 0. The Morgan fingerprint density at radius 3 is 2.92 bits per heavy atom. The number of hydrogen-bond donors (Lipinski definition) is 0. The van der Waals surface area contributed by atoms with Gasteiger partial charge >= 0.3 is 0 Å². The van der Waals surface area contributed by atoms with Gasteiger partial charge in [0.2, 0.25) is 0 Å². The average Bonchev–Trinajstić information content (AvgIpc) is 3.32. The Hall–Kier alpha value is -2.30. The van der Waals surface area contributed by atoms with Gasteiger partial charge in [-0.3, -0.25) is 9.48 Å². The number of aromatic nitrogens is 2. The molecule has 2 aliphatic rings. The van der Waals surface area contributed by atoms with Crippen molar-refractivity contribution in [3.8, 4) is 5.75 Å². The van der Waals surface area contributed by atoms with Crippen molar-refractivity contribution in [1.82, 2.24) is 9.78 Å². The smallest absolute Gasteiger partial charge is 0.261 e. The van der Waals surface area contributed by atoms with Crippen molar-refractivity contribution in [3.05, 3.63) is 41.2 Å². The van der Waals surface area contributed by atoms with Crippen LogP contribution in [0.3, 0.4) is 0 Å². The summed E-state index contributed by atoms with van der Waals surface area (Å²) in [6.07, 6.45) is 7.47. The van der Waals surface area contributed by atoms with E-state index in [9.17, 15) is 4.79 Å². The predicted octanol–water partition coefficient (Wildman–Crippen LogP) is 3.52. The Labute approximate surface area is 142 Å². The van der Waals surface area contributed by atoms with Crippen molar-refractivity contribution >= 4 is 11.6 Å². The van der Waals surface area contributed by atoms with E-state index in [2.05, 4.69) is 11.2 Å². The van der Waals surface area contributed by atoms with Crippen LogP contribution in [0.25, 0.3) is 0 Å². The minimum atomic E-state index is -0.00406. The molecule has 0 spiro atoms. The third-order valence-corrected chi connectivity index (χ3v) is 5.31. The predicted molar refractivity (Wildman–Crippen MR) is 92.8 cm³/mol. The second kappa shape index (κ2) is 5.96. The Balaban J connectivity index is 1.59. The molecule has 1 aliphatic heterocycles. The van der Waals surface area contributed by atoms with Crippen LogP contribution in [0.1, 0.15) is 53.3 Å². The molecule has 5 heteroatoms. The van der Waals surface area contributed by atoms with E-state index in [1.54, 1.807) is 11.1 Å². The van der Waals surface area contributed by atoms with Gasteiger partial charge in [-0.1, -0.05) is 12.8 Å². The van der Waals surface area contributed by atoms with Gasteiger partial charge < -0.3 is 9.64 Å². The molecular weight excluding hydrogens is 302 g/mol. The molecule has 0 atom stereocenters. The summed E-state index contributed by atoms with van der Waals surface area (Å²) < 4.78 is 7.59. The maximum absolute atomic E-state index is 12.9. The first kappa shape index (κ1) is 15.2. The number of carbonyl (C=O) groups is 1. The largest absolute Gasteiger partial charge is 0.493 e. The van der Waals surface area contributed by atoms with Crippen LogP contribution in [0.15, 0.2) is 24.4 Å². The molecule has 1 fully saturated rings. The normalized spacial score (nSPS) is 16.9. The molecule has 1 saturated carbocycles. The van der Waals surface area contributed by atoms with E-state index in [4.69, 9.17) is 4.74 Å². The molecular formula is C19H23N3O2. The van der Waals surface area contributed by atoms with Crippen LogP contribution in [0.4, 0.5) is 5.69 Å². The summed E-state index contributed by atoms with van der Waals surface area (Å²) in [4.78, 5) is 14.6. The third kappa shape index (κ3) is 2.48. The number of anilines is 1. The van der Waals surface area contributed by atoms with Crippen LogP contribution in [0.2, 0.25) is 0 Å². The van der Waals surface area contributed by atoms with E-state index in [-0.39, 0.29) is 5.91 Å². The molecule has 1 amide bonds. The van der Waals surface area contributed by atoms with Crippen LogP contribution < -0.4 is 9.64 Å². The molecule has 5 nitrogen and oxygen atoms in total. The van der Waals surface area contributed by atoms with Crippen molar-refractivity contribution in [2.75, 3.05) is 18.6 Å². The summed E-state index contributed by atoms with van der Waals surface area (Å²) in [7, 11) is 1.83. The minimum Gasteiger partial charge on any atom is -0.493 e. The SMILES string of the molecule is Cc1c(C(=O)N(C)c2ccc3c(c2)CCO3)cnn1C1CCCC1. The van der Waals surface area contributed by atoms with Crippen molar-refractivity contribution in [1.29, 1.82) is 0 Å². The highest BCUT2D eigenvalue weighted by atomic mass is 16.5. The van der Waals surface area contributed by atoms with E-state index in [0.29, 0.717) is 11.6 Å². The van der Waals surface area contributed by atoms with Crippen molar-refractivity contribution < 1.29 is 9.53 Å². The van der Waals surface area contributed by atoms with Crippen molar-refractivity contribution in [3.63, 3.8) is 0 Å². The summed E-state index contributed by atoms with van der Waals surface area (Å²) in [6.45, 7) is 2.73. The lowest BCUT2D eigenvalue weighted by Gasteiger charge is -2.18. The summed E-state index contributed by atoms with van der Waals surface area (Å²) in [5.74, 6) is 0.931. The van der Waals surface area contributed by atoms with Gasteiger partial charge in [0.15, 0.2) is 0 Å². The fourth-order valence-corrected chi connectivity index (χ4v) is 3.83. The maximum atomic E-state index is 12.9. The highest BCUT2D eigenvalue weighted by molar-refractivity contribution is 6.06. The number of nitrogens with zero attached hydrogens (tertiary/aromatic N) is 3. The molecule has 4 rings (SSSR count). The number of carbonyl (C=O) groups excluding carboxylic acids is 1. The quantitative estimate of drug-likeness (QED) is 0.867. The number of ether oxygens (including phenoxy) is 1. The molecule has 126 valence electrons. The van der Waals surface area contributed by atoms with Gasteiger partial charge in [-0.2, -0.15) is 5.10 Å². The van der Waals surface area contributed by atoms with Crippen molar-refractivity contribution in [2.24, 2.45) is 0 Å². The topological polar surface area (TPSA) is 47.4 Å². The van der Waals surface area contributed by atoms with Crippen LogP contribution in [-0.4, -0.2) is 29.3 Å². The molecule has 1 aromatic heterocycles. The van der Waals surface area contributed by atoms with E-state index < -0.39 is 0 Å². The molecule has 2 aromatic rings. The highest BCUT2D eigenvalue weighted by Gasteiger charge is 2.25. The second-order valence-corrected chi connectivity index (χ2v) is 6.78. The fourth-order valence-electron chi connectivity index (χ4n) is 3.83. The number of hydrogen-bond acceptors (Lipinski definition) is 3. The van der Waals surface area contributed by atoms with Gasteiger partial charge in [-0.05, 0) is 43.5 Å². The zero-order valence-corrected chi connectivity index (χ0v) is 14.3. The Morgan fingerprint density at radius 1 is 1.33 bits per heavy atom. The van der Waals surface area contributed by atoms with E-state index in [1.807, 2.05) is 30.8 Å². The lowest BCUT2D eigenvalue weighted by Crippen LogP contribution is -2.26. The standard InChI is InChI=1S/C19H23N3O2/c1-13-17(12-20-22(13)15-5-3-4-6-15)19(23)21(2)16-7-8-18-14(11-16)9-10-24-18/h7-8,11-12,15H,3-6,9-10H2,1-2H3. The lowest BCUT2D eigenvalue weighted by molar-refractivity contribution is 0.0992. The molecule has 0 bridgehead atoms. The van der Waals surface area contributed by atoms with Crippen LogP contribution in [0, 0.1) is 6.92 Å². The Bertz CT molecular complexity index is 775. The fraction of sp³-hybridized carbons (Fsp3) is 0.474. The van der Waals surface area contributed by atoms with E-state index in [1.165, 1.54) is 18.4 Å². The molecule has 0 N–H and O–H groups in total. The number of rotatable bonds is 3.